The van der Waals surface area contributed by atoms with Crippen molar-refractivity contribution in [3.05, 3.63) is 41.5 Å². The number of imidazole rings is 1. The summed E-state index contributed by atoms with van der Waals surface area (Å²) < 4.78 is 52.2. The maximum absolute atomic E-state index is 13.3. The summed E-state index contributed by atoms with van der Waals surface area (Å²) in [5, 5.41) is 2.81. The first kappa shape index (κ1) is 21.7. The Balaban J connectivity index is 1.78. The van der Waals surface area contributed by atoms with E-state index in [1.165, 1.54) is 0 Å². The van der Waals surface area contributed by atoms with E-state index >= 15 is 0 Å². The highest BCUT2D eigenvalue weighted by Gasteiger charge is 2.52. The van der Waals surface area contributed by atoms with Crippen LogP contribution < -0.4 is 10.8 Å². The second-order valence-corrected chi connectivity index (χ2v) is 8.91. The molecular formula is C22H25BF3N3O2. The fourth-order valence-corrected chi connectivity index (χ4v) is 3.62. The summed E-state index contributed by atoms with van der Waals surface area (Å²) in [6.07, 6.45) is -4.45. The number of halogens is 3. The van der Waals surface area contributed by atoms with Crippen molar-refractivity contribution in [3.63, 3.8) is 0 Å². The summed E-state index contributed by atoms with van der Waals surface area (Å²) in [4.78, 5) is 7.60. The van der Waals surface area contributed by atoms with E-state index in [1.807, 2.05) is 52.8 Å². The number of hydrogen-bond acceptors (Lipinski definition) is 4. The third-order valence-corrected chi connectivity index (χ3v) is 6.24. The summed E-state index contributed by atoms with van der Waals surface area (Å²) in [6, 6.07) is 7.88. The summed E-state index contributed by atoms with van der Waals surface area (Å²) in [5.41, 5.74) is 1.98. The Kier molecular flexibility index (Phi) is 4.90. The number of benzene rings is 2. The van der Waals surface area contributed by atoms with Crippen molar-refractivity contribution in [2.24, 2.45) is 0 Å². The number of anilines is 1. The number of H-pyrrole nitrogens is 1. The molecule has 0 saturated carbocycles. The summed E-state index contributed by atoms with van der Waals surface area (Å²) in [6.45, 7) is 9.93. The number of fused-ring (bicyclic) bond motifs is 1. The van der Waals surface area contributed by atoms with Crippen LogP contribution in [0.4, 0.5) is 18.9 Å². The molecule has 1 saturated heterocycles. The lowest BCUT2D eigenvalue weighted by molar-refractivity contribution is -0.137. The summed E-state index contributed by atoms with van der Waals surface area (Å²) in [5.74, 6) is 0.476. The standard InChI is InChI=1S/C22H25BF3N3O2/c1-12-7-8-13(9-15(12)23-30-20(2,3)21(4,5)31-23)19-28-17-11-14(22(24,25)26)10-16(27-6)18(17)29-19/h7-11,27H,1-6H3,(H,28,29). The molecule has 0 atom stereocenters. The number of nitrogens with one attached hydrogen (secondary N) is 2. The van der Waals surface area contributed by atoms with Crippen LogP contribution in [-0.4, -0.2) is 35.3 Å². The number of aromatic nitrogens is 2. The topological polar surface area (TPSA) is 59.2 Å². The van der Waals surface area contributed by atoms with Crippen LogP contribution in [0.1, 0.15) is 38.8 Å². The van der Waals surface area contributed by atoms with Gasteiger partial charge in [0.2, 0.25) is 0 Å². The Hall–Kier alpha value is -2.52. The molecule has 2 heterocycles. The molecule has 1 aliphatic rings. The molecule has 0 spiro atoms. The average molecular weight is 431 g/mol. The van der Waals surface area contributed by atoms with Gasteiger partial charge in [0.15, 0.2) is 0 Å². The molecule has 0 bridgehead atoms. The molecule has 3 aromatic rings. The predicted molar refractivity (Wildman–Crippen MR) is 117 cm³/mol. The smallest absolute Gasteiger partial charge is 0.399 e. The molecule has 2 aromatic carbocycles. The minimum Gasteiger partial charge on any atom is -0.399 e. The SMILES string of the molecule is CNc1cc(C(F)(F)F)cc2[nH]c(-c3ccc(C)c(B4OC(C)(C)C(C)(C)O4)c3)nc12. The zero-order chi connectivity index (χ0) is 22.8. The third kappa shape index (κ3) is 3.70. The fourth-order valence-electron chi connectivity index (χ4n) is 3.62. The average Bonchev–Trinajstić information content (AvgIpc) is 3.18. The highest BCUT2D eigenvalue weighted by Crippen LogP contribution is 2.38. The molecule has 0 unspecified atom stereocenters. The molecule has 4 rings (SSSR count). The number of nitrogens with zero attached hydrogens (tertiary/aromatic N) is 1. The Bertz CT molecular complexity index is 1140. The second kappa shape index (κ2) is 7.00. The van der Waals surface area contributed by atoms with Crippen LogP contribution in [0.25, 0.3) is 22.4 Å². The molecule has 0 radical (unpaired) electrons. The van der Waals surface area contributed by atoms with Gasteiger partial charge in [0.1, 0.15) is 11.3 Å². The largest absolute Gasteiger partial charge is 0.495 e. The lowest BCUT2D eigenvalue weighted by atomic mass is 9.75. The van der Waals surface area contributed by atoms with E-state index in [2.05, 4.69) is 15.3 Å². The first-order chi connectivity index (χ1) is 14.3. The zero-order valence-corrected chi connectivity index (χ0v) is 18.4. The van der Waals surface area contributed by atoms with Gasteiger partial charge in [-0.3, -0.25) is 0 Å². The number of hydrogen-bond donors (Lipinski definition) is 2. The molecule has 1 fully saturated rings. The molecule has 31 heavy (non-hydrogen) atoms. The summed E-state index contributed by atoms with van der Waals surface area (Å²) in [7, 11) is 1.03. The van der Waals surface area contributed by atoms with Crippen molar-refractivity contribution in [2.45, 2.75) is 52.0 Å². The van der Waals surface area contributed by atoms with E-state index in [-0.39, 0.29) is 0 Å². The molecule has 1 aromatic heterocycles. The van der Waals surface area contributed by atoms with Gasteiger partial charge in [-0.2, -0.15) is 13.2 Å². The van der Waals surface area contributed by atoms with Crippen LogP contribution in [-0.2, 0) is 15.5 Å². The highest BCUT2D eigenvalue weighted by atomic mass is 19.4. The van der Waals surface area contributed by atoms with Crippen molar-refractivity contribution in [3.8, 4) is 11.4 Å². The van der Waals surface area contributed by atoms with Crippen LogP contribution in [0.2, 0.25) is 0 Å². The molecule has 5 nitrogen and oxygen atoms in total. The molecule has 0 aliphatic carbocycles. The summed E-state index contributed by atoms with van der Waals surface area (Å²) >= 11 is 0. The van der Waals surface area contributed by atoms with E-state index in [0.29, 0.717) is 22.5 Å². The zero-order valence-electron chi connectivity index (χ0n) is 18.4. The van der Waals surface area contributed by atoms with Crippen LogP contribution >= 0.6 is 0 Å². The minimum absolute atomic E-state index is 0.311. The molecule has 0 amide bonds. The van der Waals surface area contributed by atoms with Gasteiger partial charge in [0, 0.05) is 12.6 Å². The van der Waals surface area contributed by atoms with Crippen molar-refractivity contribution in [1.29, 1.82) is 0 Å². The molecule has 9 heteroatoms. The van der Waals surface area contributed by atoms with Crippen molar-refractivity contribution < 1.29 is 22.5 Å². The molecule has 1 aliphatic heterocycles. The number of alkyl halides is 3. The molecular weight excluding hydrogens is 406 g/mol. The second-order valence-electron chi connectivity index (χ2n) is 8.91. The van der Waals surface area contributed by atoms with E-state index in [0.717, 1.165) is 28.7 Å². The first-order valence-corrected chi connectivity index (χ1v) is 10.1. The van der Waals surface area contributed by atoms with Crippen LogP contribution in [0, 0.1) is 6.92 Å². The number of aromatic amines is 1. The van der Waals surface area contributed by atoms with Crippen LogP contribution in [0.5, 0.6) is 0 Å². The lowest BCUT2D eigenvalue weighted by Gasteiger charge is -2.32. The predicted octanol–water partition coefficient (Wildman–Crippen LogP) is 4.90. The van der Waals surface area contributed by atoms with Gasteiger partial charge in [-0.1, -0.05) is 23.8 Å². The first-order valence-electron chi connectivity index (χ1n) is 10.1. The van der Waals surface area contributed by atoms with Crippen LogP contribution in [0.3, 0.4) is 0 Å². The van der Waals surface area contributed by atoms with E-state index in [9.17, 15) is 13.2 Å². The Labute approximate surface area is 179 Å². The Morgan fingerprint density at radius 2 is 1.68 bits per heavy atom. The Morgan fingerprint density at radius 1 is 1.03 bits per heavy atom. The fraction of sp³-hybridized carbons (Fsp3) is 0.409. The van der Waals surface area contributed by atoms with E-state index in [1.54, 1.807) is 7.05 Å². The third-order valence-electron chi connectivity index (χ3n) is 6.24. The van der Waals surface area contributed by atoms with Gasteiger partial charge in [-0.15, -0.1) is 0 Å². The van der Waals surface area contributed by atoms with Gasteiger partial charge < -0.3 is 19.6 Å². The van der Waals surface area contributed by atoms with Crippen molar-refractivity contribution >= 4 is 29.3 Å². The van der Waals surface area contributed by atoms with E-state index in [4.69, 9.17) is 9.31 Å². The monoisotopic (exact) mass is 431 g/mol. The van der Waals surface area contributed by atoms with Gasteiger partial charge in [-0.25, -0.2) is 4.98 Å². The minimum atomic E-state index is -4.45. The maximum Gasteiger partial charge on any atom is 0.495 e. The molecule has 2 N–H and O–H groups in total. The maximum atomic E-state index is 13.3. The van der Waals surface area contributed by atoms with Crippen molar-refractivity contribution in [1.82, 2.24) is 9.97 Å². The van der Waals surface area contributed by atoms with Gasteiger partial charge >= 0.3 is 13.3 Å². The van der Waals surface area contributed by atoms with Gasteiger partial charge in [0.05, 0.1) is 28.0 Å². The quantitative estimate of drug-likeness (QED) is 0.580. The van der Waals surface area contributed by atoms with Gasteiger partial charge in [-0.05, 0) is 52.2 Å². The number of rotatable bonds is 3. The van der Waals surface area contributed by atoms with Gasteiger partial charge in [0.25, 0.3) is 0 Å². The number of aryl methyl sites for hydroxylation is 1. The Morgan fingerprint density at radius 3 is 2.26 bits per heavy atom. The van der Waals surface area contributed by atoms with Crippen molar-refractivity contribution in [2.75, 3.05) is 12.4 Å². The highest BCUT2D eigenvalue weighted by molar-refractivity contribution is 6.62. The normalized spacial score (nSPS) is 18.0. The molecule has 164 valence electrons. The van der Waals surface area contributed by atoms with Crippen LogP contribution in [0.15, 0.2) is 30.3 Å². The van der Waals surface area contributed by atoms with E-state index < -0.39 is 30.1 Å². The lowest BCUT2D eigenvalue weighted by Crippen LogP contribution is -2.41.